The van der Waals surface area contributed by atoms with Crippen LogP contribution in [0.4, 0.5) is 5.95 Å². The first-order valence-electron chi connectivity index (χ1n) is 7.19. The first-order valence-corrected chi connectivity index (χ1v) is 7.19. The third-order valence-corrected chi connectivity index (χ3v) is 3.93. The van der Waals surface area contributed by atoms with Crippen molar-refractivity contribution in [3.05, 3.63) is 16.7 Å². The monoisotopic (exact) mass is 335 g/mol. The number of nitrogen functional groups attached to an aromatic ring is 1. The second-order valence-corrected chi connectivity index (χ2v) is 5.61. The summed E-state index contributed by atoms with van der Waals surface area (Å²) < 4.78 is 6.87. The van der Waals surface area contributed by atoms with Crippen molar-refractivity contribution in [1.82, 2.24) is 19.5 Å². The van der Waals surface area contributed by atoms with Crippen molar-refractivity contribution in [2.24, 2.45) is 0 Å². The van der Waals surface area contributed by atoms with Crippen LogP contribution in [-0.2, 0) is 4.74 Å². The van der Waals surface area contributed by atoms with Crippen molar-refractivity contribution in [1.29, 1.82) is 0 Å². The Balaban J connectivity index is 2.20. The number of aromatic amines is 1. The van der Waals surface area contributed by atoms with E-state index < -0.39 is 35.7 Å². The maximum absolute atomic E-state index is 11.9. The first kappa shape index (κ1) is 16.4. The van der Waals surface area contributed by atoms with E-state index >= 15 is 0 Å². The number of aromatic nitrogens is 4. The molecule has 3 heterocycles. The van der Waals surface area contributed by atoms with E-state index in [0.29, 0.717) is 0 Å². The lowest BCUT2D eigenvalue weighted by molar-refractivity contribution is -0.0847. The molecule has 1 saturated heterocycles. The van der Waals surface area contributed by atoms with Gasteiger partial charge >= 0.3 is 0 Å². The van der Waals surface area contributed by atoms with Gasteiger partial charge < -0.3 is 25.8 Å². The Kier molecular flexibility index (Phi) is 3.81. The highest BCUT2D eigenvalue weighted by atomic mass is 16.6. The largest absolute Gasteiger partial charge is 0.391 e. The van der Waals surface area contributed by atoms with Crippen molar-refractivity contribution in [2.45, 2.75) is 44.0 Å². The Bertz CT molecular complexity index is 894. The van der Waals surface area contributed by atoms with Gasteiger partial charge in [0.1, 0.15) is 12.2 Å². The molecule has 0 aliphatic carbocycles. The molecule has 0 saturated carbocycles. The predicted octanol–water partition coefficient (Wildman–Crippen LogP) is -1.90. The Morgan fingerprint density at radius 3 is 2.92 bits per heavy atom. The minimum absolute atomic E-state index is 0.00501. The molecule has 128 valence electrons. The summed E-state index contributed by atoms with van der Waals surface area (Å²) >= 11 is 0. The maximum atomic E-state index is 11.9. The normalized spacial score (nSPS) is 31.0. The molecule has 10 nitrogen and oxygen atoms in total. The van der Waals surface area contributed by atoms with E-state index in [2.05, 4.69) is 26.8 Å². The SMILES string of the molecule is CC#CC1(O)C(O)[C@@H]([C@H](C)O)O[C@H]1n1cnc2c(=O)[nH]c(N)nc21. The lowest BCUT2D eigenvalue weighted by Crippen LogP contribution is -2.47. The summed E-state index contributed by atoms with van der Waals surface area (Å²) in [7, 11) is 0. The molecule has 10 heteroatoms. The average Bonchev–Trinajstić information content (AvgIpc) is 3.00. The number of nitrogens with one attached hydrogen (secondary N) is 1. The number of ether oxygens (including phenoxy) is 1. The van der Waals surface area contributed by atoms with Crippen LogP contribution in [0, 0.1) is 11.8 Å². The van der Waals surface area contributed by atoms with Crippen LogP contribution in [0.1, 0.15) is 20.1 Å². The molecule has 2 aromatic heterocycles. The number of nitrogens with two attached hydrogens (primary N) is 1. The van der Waals surface area contributed by atoms with Gasteiger partial charge in [0.05, 0.1) is 12.4 Å². The van der Waals surface area contributed by atoms with Crippen LogP contribution in [0.5, 0.6) is 0 Å². The summed E-state index contributed by atoms with van der Waals surface area (Å²) in [6.45, 7) is 2.91. The van der Waals surface area contributed by atoms with Crippen LogP contribution in [0.25, 0.3) is 11.2 Å². The molecule has 5 atom stereocenters. The number of hydrogen-bond donors (Lipinski definition) is 5. The highest BCUT2D eigenvalue weighted by Crippen LogP contribution is 2.40. The fraction of sp³-hybridized carbons (Fsp3) is 0.500. The van der Waals surface area contributed by atoms with Gasteiger partial charge in [0.25, 0.3) is 5.56 Å². The van der Waals surface area contributed by atoms with Crippen LogP contribution in [-0.4, -0.2) is 58.8 Å². The number of imidazole rings is 1. The number of aliphatic hydroxyl groups is 3. The topological polar surface area (TPSA) is 160 Å². The summed E-state index contributed by atoms with van der Waals surface area (Å²) in [5.41, 5.74) is 3.04. The molecule has 2 aromatic rings. The third-order valence-electron chi connectivity index (χ3n) is 3.93. The van der Waals surface area contributed by atoms with Crippen molar-refractivity contribution < 1.29 is 20.1 Å². The van der Waals surface area contributed by atoms with Crippen LogP contribution >= 0.6 is 0 Å². The number of nitrogens with zero attached hydrogens (tertiary/aromatic N) is 3. The Hall–Kier alpha value is -2.45. The molecular weight excluding hydrogens is 318 g/mol. The minimum Gasteiger partial charge on any atom is -0.391 e. The van der Waals surface area contributed by atoms with E-state index in [9.17, 15) is 20.1 Å². The fourth-order valence-corrected chi connectivity index (χ4v) is 2.83. The van der Waals surface area contributed by atoms with E-state index in [1.807, 2.05) is 0 Å². The highest BCUT2D eigenvalue weighted by Gasteiger charge is 2.57. The highest BCUT2D eigenvalue weighted by molar-refractivity contribution is 5.70. The van der Waals surface area contributed by atoms with Gasteiger partial charge in [-0.25, -0.2) is 4.98 Å². The molecule has 0 aromatic carbocycles. The standard InChI is InChI=1S/C14H17N5O5/c1-3-4-14(23)9(21)8(6(2)20)24-12(14)19-5-16-7-10(19)17-13(15)18-11(7)22/h5-6,8-9,12,20-21,23H,1-2H3,(H3,15,17,18,22)/t6-,8+,9?,12+,14?/m0/s1. The number of H-pyrrole nitrogens is 1. The first-order chi connectivity index (χ1) is 11.3. The zero-order valence-corrected chi connectivity index (χ0v) is 13.0. The second kappa shape index (κ2) is 5.57. The molecule has 1 fully saturated rings. The summed E-state index contributed by atoms with van der Waals surface area (Å²) in [4.78, 5) is 22.1. The van der Waals surface area contributed by atoms with Crippen LogP contribution in [0.15, 0.2) is 11.1 Å². The molecule has 24 heavy (non-hydrogen) atoms. The number of hydrogen-bond acceptors (Lipinski definition) is 8. The molecule has 1 aliphatic heterocycles. The molecule has 1 aliphatic rings. The molecule has 6 N–H and O–H groups in total. The van der Waals surface area contributed by atoms with Gasteiger partial charge in [-0.1, -0.05) is 5.92 Å². The van der Waals surface area contributed by atoms with Crippen molar-refractivity contribution >= 4 is 17.1 Å². The number of fused-ring (bicyclic) bond motifs is 1. The summed E-state index contributed by atoms with van der Waals surface area (Å²) in [5, 5.41) is 31.0. The van der Waals surface area contributed by atoms with E-state index in [1.54, 1.807) is 0 Å². The van der Waals surface area contributed by atoms with Gasteiger partial charge in [-0.3, -0.25) is 14.3 Å². The van der Waals surface area contributed by atoms with E-state index in [4.69, 9.17) is 10.5 Å². The van der Waals surface area contributed by atoms with Gasteiger partial charge in [-0.15, -0.1) is 5.92 Å². The van der Waals surface area contributed by atoms with Crippen molar-refractivity contribution in [2.75, 3.05) is 5.73 Å². The lowest BCUT2D eigenvalue weighted by Gasteiger charge is -2.26. The zero-order valence-electron chi connectivity index (χ0n) is 13.0. The van der Waals surface area contributed by atoms with Gasteiger partial charge in [-0.05, 0) is 13.8 Å². The minimum atomic E-state index is -2.02. The fourth-order valence-electron chi connectivity index (χ4n) is 2.83. The third kappa shape index (κ3) is 2.26. The zero-order chi connectivity index (χ0) is 17.6. The van der Waals surface area contributed by atoms with Gasteiger partial charge in [-0.2, -0.15) is 4.98 Å². The van der Waals surface area contributed by atoms with Gasteiger partial charge in [0.15, 0.2) is 23.0 Å². The van der Waals surface area contributed by atoms with Gasteiger partial charge in [0.2, 0.25) is 5.95 Å². The lowest BCUT2D eigenvalue weighted by atomic mass is 9.93. The van der Waals surface area contributed by atoms with Crippen LogP contribution in [0.2, 0.25) is 0 Å². The quantitative estimate of drug-likeness (QED) is 0.398. The maximum Gasteiger partial charge on any atom is 0.280 e. The Morgan fingerprint density at radius 1 is 1.58 bits per heavy atom. The summed E-state index contributed by atoms with van der Waals surface area (Å²) in [5.74, 6) is 4.91. The molecule has 0 amide bonds. The Morgan fingerprint density at radius 2 is 2.29 bits per heavy atom. The van der Waals surface area contributed by atoms with E-state index in [-0.39, 0.29) is 17.1 Å². The molecule has 3 rings (SSSR count). The molecule has 0 bridgehead atoms. The number of anilines is 1. The smallest absolute Gasteiger partial charge is 0.280 e. The molecule has 2 unspecified atom stereocenters. The summed E-state index contributed by atoms with van der Waals surface area (Å²) in [6, 6.07) is 0. The van der Waals surface area contributed by atoms with Crippen molar-refractivity contribution in [3.63, 3.8) is 0 Å². The van der Waals surface area contributed by atoms with E-state index in [0.717, 1.165) is 0 Å². The predicted molar refractivity (Wildman–Crippen MR) is 82.6 cm³/mol. The Labute approximate surface area is 135 Å². The molecule has 0 spiro atoms. The van der Waals surface area contributed by atoms with Crippen molar-refractivity contribution in [3.8, 4) is 11.8 Å². The number of aliphatic hydroxyl groups excluding tert-OH is 2. The molecular formula is C14H17N5O5. The van der Waals surface area contributed by atoms with Crippen LogP contribution < -0.4 is 11.3 Å². The second-order valence-electron chi connectivity index (χ2n) is 5.61. The summed E-state index contributed by atoms with van der Waals surface area (Å²) in [6.07, 6.45) is -3.63. The van der Waals surface area contributed by atoms with Crippen LogP contribution in [0.3, 0.4) is 0 Å². The average molecular weight is 335 g/mol. The number of rotatable bonds is 2. The van der Waals surface area contributed by atoms with E-state index in [1.165, 1.54) is 24.7 Å². The molecule has 0 radical (unpaired) electrons. The van der Waals surface area contributed by atoms with Gasteiger partial charge in [0, 0.05) is 0 Å².